The first-order valence-corrected chi connectivity index (χ1v) is 8.26. The van der Waals surface area contributed by atoms with Gasteiger partial charge in [0.15, 0.2) is 0 Å². The summed E-state index contributed by atoms with van der Waals surface area (Å²) in [5, 5.41) is 5.03. The van der Waals surface area contributed by atoms with Crippen molar-refractivity contribution in [1.29, 1.82) is 0 Å². The molecule has 0 amide bonds. The van der Waals surface area contributed by atoms with Gasteiger partial charge in [0, 0.05) is 42.3 Å². The molecule has 1 unspecified atom stereocenters. The molecule has 0 radical (unpaired) electrons. The van der Waals surface area contributed by atoms with Crippen molar-refractivity contribution in [3.8, 4) is 0 Å². The Kier molecular flexibility index (Phi) is 4.61. The number of aromatic nitrogens is 1. The Hall–Kier alpha value is -1.32. The summed E-state index contributed by atoms with van der Waals surface area (Å²) in [7, 11) is 0. The van der Waals surface area contributed by atoms with Crippen molar-refractivity contribution >= 4 is 10.9 Å². The zero-order valence-electron chi connectivity index (χ0n) is 13.2. The molecule has 0 spiro atoms. The molecule has 1 fully saturated rings. The largest absolute Gasteiger partial charge is 0.361 e. The van der Waals surface area contributed by atoms with Crippen molar-refractivity contribution in [3.05, 3.63) is 36.0 Å². The number of fused-ring (bicyclic) bond motifs is 1. The van der Waals surface area contributed by atoms with Crippen LogP contribution in [0, 0.1) is 0 Å². The molecule has 0 saturated carbocycles. The van der Waals surface area contributed by atoms with Crippen LogP contribution in [0.4, 0.5) is 0 Å². The van der Waals surface area contributed by atoms with E-state index in [2.05, 4.69) is 59.5 Å². The smallest absolute Gasteiger partial charge is 0.0457 e. The monoisotopic (exact) mass is 285 g/mol. The molecule has 2 N–H and O–H groups in total. The van der Waals surface area contributed by atoms with Crippen LogP contribution in [0.25, 0.3) is 10.9 Å². The van der Waals surface area contributed by atoms with E-state index in [9.17, 15) is 0 Å². The molecule has 3 rings (SSSR count). The Labute approximate surface area is 127 Å². The van der Waals surface area contributed by atoms with E-state index in [1.165, 1.54) is 42.3 Å². The number of aromatic amines is 1. The normalized spacial score (nSPS) is 19.7. The number of nitrogens with zero attached hydrogens (tertiary/aromatic N) is 1. The van der Waals surface area contributed by atoms with E-state index in [1.807, 2.05) is 0 Å². The van der Waals surface area contributed by atoms with E-state index in [1.54, 1.807) is 0 Å². The van der Waals surface area contributed by atoms with Gasteiger partial charge in [-0.2, -0.15) is 0 Å². The number of piperidine rings is 1. The molecular weight excluding hydrogens is 258 g/mol. The van der Waals surface area contributed by atoms with Gasteiger partial charge in [-0.25, -0.2) is 0 Å². The van der Waals surface area contributed by atoms with E-state index in [-0.39, 0.29) is 0 Å². The summed E-state index contributed by atoms with van der Waals surface area (Å²) in [6.45, 7) is 7.97. The van der Waals surface area contributed by atoms with Crippen LogP contribution in [0.5, 0.6) is 0 Å². The van der Waals surface area contributed by atoms with Crippen molar-refractivity contribution in [2.75, 3.05) is 13.1 Å². The number of rotatable bonds is 5. The van der Waals surface area contributed by atoms with Gasteiger partial charge in [0.25, 0.3) is 0 Å². The second-order valence-corrected chi connectivity index (χ2v) is 6.53. The average Bonchev–Trinajstić information content (AvgIpc) is 2.91. The minimum Gasteiger partial charge on any atom is -0.361 e. The predicted molar refractivity (Wildman–Crippen MR) is 89.5 cm³/mol. The predicted octanol–water partition coefficient (Wildman–Crippen LogP) is 3.52. The fourth-order valence-corrected chi connectivity index (χ4v) is 3.30. The van der Waals surface area contributed by atoms with E-state index >= 15 is 0 Å². The summed E-state index contributed by atoms with van der Waals surface area (Å²) in [6, 6.07) is 9.82. The van der Waals surface area contributed by atoms with Crippen molar-refractivity contribution in [3.63, 3.8) is 0 Å². The first-order chi connectivity index (χ1) is 10.2. The van der Waals surface area contributed by atoms with E-state index in [0.717, 1.165) is 13.1 Å². The summed E-state index contributed by atoms with van der Waals surface area (Å²) < 4.78 is 0. The summed E-state index contributed by atoms with van der Waals surface area (Å²) in [4.78, 5) is 5.99. The molecule has 1 atom stereocenters. The quantitative estimate of drug-likeness (QED) is 0.880. The van der Waals surface area contributed by atoms with Gasteiger partial charge in [-0.15, -0.1) is 0 Å². The molecule has 0 aliphatic carbocycles. The van der Waals surface area contributed by atoms with Crippen LogP contribution >= 0.6 is 0 Å². The molecule has 2 aromatic rings. The van der Waals surface area contributed by atoms with Gasteiger partial charge in [-0.1, -0.05) is 24.6 Å². The maximum Gasteiger partial charge on any atom is 0.0457 e. The molecule has 21 heavy (non-hydrogen) atoms. The average molecular weight is 285 g/mol. The van der Waals surface area contributed by atoms with Gasteiger partial charge < -0.3 is 10.3 Å². The highest BCUT2D eigenvalue weighted by atomic mass is 15.2. The molecular formula is C18H27N3. The number of hydrogen-bond acceptors (Lipinski definition) is 2. The minimum atomic E-state index is 0.572. The number of para-hydroxylation sites is 1. The third-order valence-corrected chi connectivity index (χ3v) is 4.65. The molecule has 1 aromatic carbocycles. The van der Waals surface area contributed by atoms with Crippen LogP contribution in [0.15, 0.2) is 30.5 Å². The molecule has 1 saturated heterocycles. The maximum atomic E-state index is 3.67. The molecule has 114 valence electrons. The lowest BCUT2D eigenvalue weighted by Crippen LogP contribution is -2.45. The van der Waals surface area contributed by atoms with Gasteiger partial charge in [-0.3, -0.25) is 4.90 Å². The SMILES string of the molecule is CC(C)N(Cc1c[nH]c2ccccc12)CC1CCCCN1. The summed E-state index contributed by atoms with van der Waals surface area (Å²) in [5.41, 5.74) is 2.65. The lowest BCUT2D eigenvalue weighted by molar-refractivity contribution is 0.178. The van der Waals surface area contributed by atoms with Gasteiger partial charge in [0.1, 0.15) is 0 Å². The molecule has 2 heterocycles. The van der Waals surface area contributed by atoms with Crippen LogP contribution < -0.4 is 5.32 Å². The zero-order valence-corrected chi connectivity index (χ0v) is 13.2. The molecule has 1 aliphatic rings. The van der Waals surface area contributed by atoms with E-state index < -0.39 is 0 Å². The maximum absolute atomic E-state index is 3.67. The van der Waals surface area contributed by atoms with Crippen molar-refractivity contribution in [2.45, 2.75) is 51.7 Å². The van der Waals surface area contributed by atoms with Gasteiger partial charge in [0.2, 0.25) is 0 Å². The standard InChI is InChI=1S/C18H27N3/c1-14(2)21(13-16-7-5-6-10-19-16)12-15-11-20-18-9-4-3-8-17(15)18/h3-4,8-9,11,14,16,19-20H,5-7,10,12-13H2,1-2H3. The lowest BCUT2D eigenvalue weighted by Gasteiger charge is -2.33. The fraction of sp³-hybridized carbons (Fsp3) is 0.556. The Morgan fingerprint density at radius 3 is 2.86 bits per heavy atom. The highest BCUT2D eigenvalue weighted by molar-refractivity contribution is 5.82. The Morgan fingerprint density at radius 2 is 2.10 bits per heavy atom. The third-order valence-electron chi connectivity index (χ3n) is 4.65. The highest BCUT2D eigenvalue weighted by Crippen LogP contribution is 2.21. The lowest BCUT2D eigenvalue weighted by atomic mass is 10.0. The van der Waals surface area contributed by atoms with Crippen LogP contribution in [-0.4, -0.2) is 35.1 Å². The highest BCUT2D eigenvalue weighted by Gasteiger charge is 2.19. The summed E-state index contributed by atoms with van der Waals surface area (Å²) in [5.74, 6) is 0. The van der Waals surface area contributed by atoms with Crippen molar-refractivity contribution in [2.24, 2.45) is 0 Å². The van der Waals surface area contributed by atoms with Crippen molar-refractivity contribution in [1.82, 2.24) is 15.2 Å². The van der Waals surface area contributed by atoms with Crippen LogP contribution in [0.3, 0.4) is 0 Å². The minimum absolute atomic E-state index is 0.572. The summed E-state index contributed by atoms with van der Waals surface area (Å²) >= 11 is 0. The topological polar surface area (TPSA) is 31.1 Å². The van der Waals surface area contributed by atoms with Gasteiger partial charge in [-0.05, 0) is 44.9 Å². The molecule has 1 aromatic heterocycles. The Bertz CT molecular complexity index is 567. The number of nitrogens with one attached hydrogen (secondary N) is 2. The molecule has 3 nitrogen and oxygen atoms in total. The number of H-pyrrole nitrogens is 1. The fourth-order valence-electron chi connectivity index (χ4n) is 3.30. The molecule has 3 heteroatoms. The van der Waals surface area contributed by atoms with Crippen LogP contribution in [0.2, 0.25) is 0 Å². The number of benzene rings is 1. The second kappa shape index (κ2) is 6.63. The third kappa shape index (κ3) is 3.47. The Balaban J connectivity index is 1.72. The summed E-state index contributed by atoms with van der Waals surface area (Å²) in [6.07, 6.45) is 6.20. The van der Waals surface area contributed by atoms with Crippen molar-refractivity contribution < 1.29 is 0 Å². The van der Waals surface area contributed by atoms with E-state index in [4.69, 9.17) is 0 Å². The first-order valence-electron chi connectivity index (χ1n) is 8.26. The molecule has 0 bridgehead atoms. The Morgan fingerprint density at radius 1 is 1.24 bits per heavy atom. The molecule has 1 aliphatic heterocycles. The van der Waals surface area contributed by atoms with E-state index in [0.29, 0.717) is 12.1 Å². The van der Waals surface area contributed by atoms with Crippen LogP contribution in [0.1, 0.15) is 38.7 Å². The van der Waals surface area contributed by atoms with Gasteiger partial charge in [0.05, 0.1) is 0 Å². The number of hydrogen-bond donors (Lipinski definition) is 2. The first kappa shape index (κ1) is 14.6. The second-order valence-electron chi connectivity index (χ2n) is 6.53. The zero-order chi connectivity index (χ0) is 14.7. The van der Waals surface area contributed by atoms with Crippen LogP contribution in [-0.2, 0) is 6.54 Å². The van der Waals surface area contributed by atoms with Gasteiger partial charge >= 0.3 is 0 Å².